The third kappa shape index (κ3) is 5.46. The Morgan fingerprint density at radius 1 is 0.792 bits per heavy atom. The standard InChI is InChI=1S/C33H23N7O5S3/c41-30-22-3-1-9-34-28(22)47-39(30)32(43)37-16-18-6-8-25-20(13-18)15-26(45-25)21-7-5-19(14-24(21)27-36-11-12-46-27)17-38-33(44)40-31(42)23-4-2-10-35-29(23)48-40/h1-14,26H,15-17H2,(H,37,43)(H,38,44). The van der Waals surface area contributed by atoms with Gasteiger partial charge in [-0.15, -0.1) is 11.3 Å². The summed E-state index contributed by atoms with van der Waals surface area (Å²) in [5.74, 6) is 0.756. The Morgan fingerprint density at radius 3 is 2.02 bits per heavy atom. The average molecular weight is 694 g/mol. The van der Waals surface area contributed by atoms with Crippen LogP contribution >= 0.6 is 34.4 Å². The van der Waals surface area contributed by atoms with E-state index in [1.165, 1.54) is 11.3 Å². The summed E-state index contributed by atoms with van der Waals surface area (Å²) in [5.41, 5.74) is 3.78. The number of rotatable bonds is 6. The summed E-state index contributed by atoms with van der Waals surface area (Å²) in [6.07, 6.45) is 5.25. The van der Waals surface area contributed by atoms with Crippen LogP contribution in [0.15, 0.2) is 94.2 Å². The molecule has 12 nitrogen and oxygen atoms in total. The predicted molar refractivity (Wildman–Crippen MR) is 184 cm³/mol. The summed E-state index contributed by atoms with van der Waals surface area (Å²) in [6.45, 7) is 0.441. The molecule has 8 rings (SSSR count). The average Bonchev–Trinajstić information content (AvgIpc) is 3.92. The normalized spacial score (nSPS) is 13.8. The number of pyridine rings is 2. The molecule has 238 valence electrons. The first-order valence-electron chi connectivity index (χ1n) is 14.7. The van der Waals surface area contributed by atoms with E-state index in [0.717, 1.165) is 69.6 Å². The lowest BCUT2D eigenvalue weighted by molar-refractivity contribution is 0.239. The number of amides is 2. The first-order valence-corrected chi connectivity index (χ1v) is 17.2. The van der Waals surface area contributed by atoms with E-state index in [1.54, 1.807) is 42.9 Å². The van der Waals surface area contributed by atoms with Gasteiger partial charge in [0.25, 0.3) is 11.1 Å². The maximum absolute atomic E-state index is 12.9. The van der Waals surface area contributed by atoms with Gasteiger partial charge in [-0.25, -0.2) is 24.5 Å². The third-order valence-corrected chi connectivity index (χ3v) is 10.7. The Labute approximate surface area is 283 Å². The maximum atomic E-state index is 12.9. The van der Waals surface area contributed by atoms with Gasteiger partial charge < -0.3 is 15.4 Å². The lowest BCUT2D eigenvalue weighted by atomic mass is 9.96. The minimum absolute atomic E-state index is 0.205. The highest BCUT2D eigenvalue weighted by atomic mass is 32.1. The van der Waals surface area contributed by atoms with Crippen LogP contribution in [0.4, 0.5) is 9.59 Å². The Morgan fingerprint density at radius 2 is 1.42 bits per heavy atom. The molecule has 0 saturated heterocycles. The van der Waals surface area contributed by atoms with Crippen molar-refractivity contribution in [3.8, 4) is 16.3 Å². The SMILES string of the molecule is O=C(NCc1ccc2c(c1)CC(c1ccc(CNC(=O)n3sc4ncccc4c3=O)cc1-c1nccs1)O2)n1sc2ncccc2c1=O. The van der Waals surface area contributed by atoms with E-state index in [4.69, 9.17) is 4.74 Å². The molecule has 0 saturated carbocycles. The molecule has 6 heterocycles. The molecule has 0 aliphatic carbocycles. The van der Waals surface area contributed by atoms with Gasteiger partial charge in [-0.3, -0.25) is 9.59 Å². The molecule has 1 atom stereocenters. The van der Waals surface area contributed by atoms with Crippen LogP contribution in [-0.2, 0) is 19.5 Å². The summed E-state index contributed by atoms with van der Waals surface area (Å²) in [7, 11) is 0. The molecule has 0 spiro atoms. The molecular formula is C33H23N7O5S3. The molecule has 7 aromatic rings. The molecule has 15 heteroatoms. The molecule has 5 aromatic heterocycles. The fraction of sp³-hybridized carbons (Fsp3) is 0.121. The fourth-order valence-electron chi connectivity index (χ4n) is 5.61. The van der Waals surface area contributed by atoms with Gasteiger partial charge in [-0.05, 0) is 76.2 Å². The second kappa shape index (κ2) is 12.3. The van der Waals surface area contributed by atoms with E-state index >= 15 is 0 Å². The maximum Gasteiger partial charge on any atom is 0.338 e. The predicted octanol–water partition coefficient (Wildman–Crippen LogP) is 5.54. The van der Waals surface area contributed by atoms with E-state index in [1.807, 2.05) is 41.8 Å². The van der Waals surface area contributed by atoms with Gasteiger partial charge in [0.05, 0.1) is 10.8 Å². The summed E-state index contributed by atoms with van der Waals surface area (Å²) >= 11 is 3.53. The van der Waals surface area contributed by atoms with Crippen LogP contribution in [0.1, 0.15) is 28.4 Å². The lowest BCUT2D eigenvalue weighted by Crippen LogP contribution is -2.32. The topological polar surface area (TPSA) is 150 Å². The molecule has 1 unspecified atom stereocenters. The molecule has 2 N–H and O–H groups in total. The monoisotopic (exact) mass is 693 g/mol. The van der Waals surface area contributed by atoms with Crippen LogP contribution in [0.3, 0.4) is 0 Å². The number of carbonyl (C=O) groups excluding carboxylic acids is 2. The van der Waals surface area contributed by atoms with E-state index in [2.05, 4.69) is 25.6 Å². The van der Waals surface area contributed by atoms with Gasteiger partial charge in [0.2, 0.25) is 0 Å². The number of hydrogen-bond donors (Lipinski definition) is 2. The molecule has 1 aliphatic heterocycles. The Hall–Kier alpha value is -5.51. The quantitative estimate of drug-likeness (QED) is 0.231. The summed E-state index contributed by atoms with van der Waals surface area (Å²) in [6, 6.07) is 17.3. The third-order valence-electron chi connectivity index (χ3n) is 7.91. The first-order chi connectivity index (χ1) is 23.4. The fourth-order valence-corrected chi connectivity index (χ4v) is 8.02. The number of nitrogens with zero attached hydrogens (tertiary/aromatic N) is 5. The van der Waals surface area contributed by atoms with E-state index in [-0.39, 0.29) is 24.8 Å². The Kier molecular flexibility index (Phi) is 7.63. The van der Waals surface area contributed by atoms with Gasteiger partial charge in [0, 0.05) is 54.6 Å². The van der Waals surface area contributed by atoms with Crippen molar-refractivity contribution in [1.29, 1.82) is 0 Å². The van der Waals surface area contributed by atoms with Crippen LogP contribution in [-0.4, -0.2) is 34.9 Å². The van der Waals surface area contributed by atoms with Crippen molar-refractivity contribution in [1.82, 2.24) is 33.5 Å². The second-order valence-corrected chi connectivity index (χ2v) is 13.7. The van der Waals surface area contributed by atoms with Gasteiger partial charge >= 0.3 is 12.1 Å². The smallest absolute Gasteiger partial charge is 0.338 e. The van der Waals surface area contributed by atoms with Crippen molar-refractivity contribution in [2.45, 2.75) is 25.6 Å². The number of carbonyl (C=O) groups is 2. The van der Waals surface area contributed by atoms with Crippen LogP contribution in [0.2, 0.25) is 0 Å². The van der Waals surface area contributed by atoms with E-state index in [0.29, 0.717) is 26.9 Å². The van der Waals surface area contributed by atoms with E-state index in [9.17, 15) is 19.2 Å². The van der Waals surface area contributed by atoms with Gasteiger partial charge in [0.15, 0.2) is 0 Å². The minimum atomic E-state index is -0.516. The molecule has 48 heavy (non-hydrogen) atoms. The number of ether oxygens (including phenoxy) is 1. The molecule has 1 aliphatic rings. The number of hydrogen-bond acceptors (Lipinski definition) is 11. The molecule has 0 radical (unpaired) electrons. The number of aromatic nitrogens is 5. The van der Waals surface area contributed by atoms with Crippen molar-refractivity contribution in [3.63, 3.8) is 0 Å². The summed E-state index contributed by atoms with van der Waals surface area (Å²) < 4.78 is 8.56. The van der Waals surface area contributed by atoms with Crippen LogP contribution < -0.4 is 26.5 Å². The molecule has 0 bridgehead atoms. The zero-order valence-corrected chi connectivity index (χ0v) is 27.2. The van der Waals surface area contributed by atoms with Crippen molar-refractivity contribution in [2.24, 2.45) is 0 Å². The van der Waals surface area contributed by atoms with Gasteiger partial charge in [0.1, 0.15) is 26.5 Å². The number of nitrogens with one attached hydrogen (secondary N) is 2. The number of fused-ring (bicyclic) bond motifs is 3. The zero-order valence-electron chi connectivity index (χ0n) is 24.8. The molecule has 2 aromatic carbocycles. The summed E-state index contributed by atoms with van der Waals surface area (Å²) in [5, 5.41) is 9.22. The van der Waals surface area contributed by atoms with Gasteiger partial charge in [-0.2, -0.15) is 7.91 Å². The number of benzene rings is 2. The molecular weight excluding hydrogens is 671 g/mol. The van der Waals surface area contributed by atoms with Crippen LogP contribution in [0.5, 0.6) is 5.75 Å². The first kappa shape index (κ1) is 29.9. The number of thiazole rings is 1. The molecule has 2 amide bonds. The van der Waals surface area contributed by atoms with Gasteiger partial charge in [-0.1, -0.05) is 24.3 Å². The van der Waals surface area contributed by atoms with Crippen molar-refractivity contribution in [2.75, 3.05) is 0 Å². The second-order valence-electron chi connectivity index (χ2n) is 10.9. The van der Waals surface area contributed by atoms with Crippen molar-refractivity contribution in [3.05, 3.63) is 128 Å². The highest BCUT2D eigenvalue weighted by Crippen LogP contribution is 2.41. The largest absolute Gasteiger partial charge is 0.485 e. The van der Waals surface area contributed by atoms with Crippen LogP contribution in [0.25, 0.3) is 31.0 Å². The Bertz CT molecular complexity index is 2480. The van der Waals surface area contributed by atoms with Crippen LogP contribution in [0, 0.1) is 0 Å². The lowest BCUT2D eigenvalue weighted by Gasteiger charge is -2.16. The zero-order chi connectivity index (χ0) is 32.8. The van der Waals surface area contributed by atoms with Crippen molar-refractivity contribution >= 4 is 66.9 Å². The summed E-state index contributed by atoms with van der Waals surface area (Å²) in [4.78, 5) is 65.0. The Balaban J connectivity index is 0.974. The van der Waals surface area contributed by atoms with E-state index < -0.39 is 17.6 Å². The highest BCUT2D eigenvalue weighted by Gasteiger charge is 2.28. The minimum Gasteiger partial charge on any atom is -0.485 e. The van der Waals surface area contributed by atoms with Crippen molar-refractivity contribution < 1.29 is 14.3 Å². The molecule has 0 fully saturated rings. The highest BCUT2D eigenvalue weighted by molar-refractivity contribution is 7.14.